The van der Waals surface area contributed by atoms with Gasteiger partial charge in [-0.2, -0.15) is 0 Å². The lowest BCUT2D eigenvalue weighted by atomic mass is 9.85. The Kier molecular flexibility index (Phi) is 4.87. The molecule has 0 aliphatic heterocycles. The van der Waals surface area contributed by atoms with Gasteiger partial charge in [-0.05, 0) is 0 Å². The van der Waals surface area contributed by atoms with Crippen molar-refractivity contribution in [3.05, 3.63) is 11.5 Å². The zero-order valence-corrected chi connectivity index (χ0v) is 10.7. The van der Waals surface area contributed by atoms with E-state index in [2.05, 4.69) is 4.99 Å². The number of methoxy groups -OCH3 is 1. The number of aliphatic imine (C=N–C) groups is 1. The number of carboxylic acids is 1. The van der Waals surface area contributed by atoms with Crippen LogP contribution in [0.1, 0.15) is 12.8 Å². The molecule has 2 atom stereocenters. The SMILES string of the molecule is COC1=C(N)C[C@@](O)(CO)CC1=N[C@@H](CN)C(=O)O. The van der Waals surface area contributed by atoms with Crippen LogP contribution in [0.2, 0.25) is 0 Å². The van der Waals surface area contributed by atoms with Crippen LogP contribution in [0.4, 0.5) is 0 Å². The number of nitrogens with two attached hydrogens (primary N) is 2. The number of allylic oxidation sites excluding steroid dienone is 1. The van der Waals surface area contributed by atoms with Gasteiger partial charge in [0.05, 0.1) is 30.7 Å². The Morgan fingerprint density at radius 2 is 2.21 bits per heavy atom. The molecule has 0 amide bonds. The van der Waals surface area contributed by atoms with Crippen molar-refractivity contribution in [2.75, 3.05) is 20.3 Å². The molecule has 0 heterocycles. The van der Waals surface area contributed by atoms with E-state index < -0.39 is 24.2 Å². The number of aliphatic carboxylic acids is 1. The van der Waals surface area contributed by atoms with E-state index in [1.807, 2.05) is 0 Å². The normalized spacial score (nSPS) is 27.5. The first kappa shape index (κ1) is 15.4. The highest BCUT2D eigenvalue weighted by Crippen LogP contribution is 2.29. The molecule has 0 radical (unpaired) electrons. The van der Waals surface area contributed by atoms with E-state index in [0.717, 1.165) is 0 Å². The zero-order chi connectivity index (χ0) is 14.6. The number of hydrogen-bond acceptors (Lipinski definition) is 7. The summed E-state index contributed by atoms with van der Waals surface area (Å²) in [5.41, 5.74) is 10.0. The van der Waals surface area contributed by atoms with Gasteiger partial charge in [0, 0.05) is 19.4 Å². The maximum atomic E-state index is 10.9. The lowest BCUT2D eigenvalue weighted by Gasteiger charge is -2.32. The van der Waals surface area contributed by atoms with Crippen molar-refractivity contribution in [1.29, 1.82) is 0 Å². The first-order valence-electron chi connectivity index (χ1n) is 5.72. The van der Waals surface area contributed by atoms with Gasteiger partial charge >= 0.3 is 5.97 Å². The second-order valence-corrected chi connectivity index (χ2v) is 4.46. The minimum atomic E-state index is -1.46. The van der Waals surface area contributed by atoms with Gasteiger partial charge in [0.15, 0.2) is 11.8 Å². The van der Waals surface area contributed by atoms with E-state index in [9.17, 15) is 15.0 Å². The van der Waals surface area contributed by atoms with Crippen LogP contribution in [-0.2, 0) is 9.53 Å². The number of nitrogens with zero attached hydrogens (tertiary/aromatic N) is 1. The summed E-state index contributed by atoms with van der Waals surface area (Å²) < 4.78 is 5.08. The molecule has 1 aliphatic carbocycles. The Hall–Kier alpha value is -1.64. The molecule has 7 N–H and O–H groups in total. The first-order chi connectivity index (χ1) is 8.86. The molecule has 0 aromatic rings. The third-order valence-corrected chi connectivity index (χ3v) is 2.89. The fourth-order valence-electron chi connectivity index (χ4n) is 1.94. The quantitative estimate of drug-likeness (QED) is 0.395. The molecular formula is C11H19N3O5. The monoisotopic (exact) mass is 273 g/mol. The fourth-order valence-corrected chi connectivity index (χ4v) is 1.94. The van der Waals surface area contributed by atoms with Crippen molar-refractivity contribution in [2.45, 2.75) is 24.5 Å². The summed E-state index contributed by atoms with van der Waals surface area (Å²) >= 11 is 0. The predicted octanol–water partition coefficient (Wildman–Crippen LogP) is -1.83. The highest BCUT2D eigenvalue weighted by Gasteiger charge is 2.37. The van der Waals surface area contributed by atoms with Crippen LogP contribution in [0.15, 0.2) is 16.4 Å². The minimum absolute atomic E-state index is 0.0338. The van der Waals surface area contributed by atoms with Gasteiger partial charge in [-0.15, -0.1) is 0 Å². The molecule has 0 saturated heterocycles. The van der Waals surface area contributed by atoms with Crippen LogP contribution >= 0.6 is 0 Å². The molecule has 8 heteroatoms. The zero-order valence-electron chi connectivity index (χ0n) is 10.7. The number of ether oxygens (including phenoxy) is 1. The number of aliphatic hydroxyl groups excluding tert-OH is 1. The van der Waals surface area contributed by atoms with Gasteiger partial charge in [-0.1, -0.05) is 0 Å². The van der Waals surface area contributed by atoms with Crippen molar-refractivity contribution in [1.82, 2.24) is 0 Å². The van der Waals surface area contributed by atoms with E-state index in [1.54, 1.807) is 0 Å². The standard InChI is InChI=1S/C11H19N3O5/c1-19-9-6(13)2-11(18,5-15)3-7(9)14-8(4-12)10(16)17/h8,15,18H,2-5,12-13H2,1H3,(H,16,17)/t8-,11-/m0/s1. The van der Waals surface area contributed by atoms with E-state index in [4.69, 9.17) is 21.3 Å². The maximum absolute atomic E-state index is 10.9. The molecule has 19 heavy (non-hydrogen) atoms. The number of carbonyl (C=O) groups is 1. The fraction of sp³-hybridized carbons (Fsp3) is 0.636. The molecule has 0 unspecified atom stereocenters. The summed E-state index contributed by atoms with van der Waals surface area (Å²) in [5.74, 6) is -0.944. The first-order valence-corrected chi connectivity index (χ1v) is 5.72. The second-order valence-electron chi connectivity index (χ2n) is 4.46. The number of hydrogen-bond donors (Lipinski definition) is 5. The summed E-state index contributed by atoms with van der Waals surface area (Å²) in [6.45, 7) is -0.697. The van der Waals surface area contributed by atoms with Crippen molar-refractivity contribution in [2.24, 2.45) is 16.5 Å². The third-order valence-electron chi connectivity index (χ3n) is 2.89. The summed E-state index contributed by atoms with van der Waals surface area (Å²) in [7, 11) is 1.37. The summed E-state index contributed by atoms with van der Waals surface area (Å²) in [5, 5.41) is 28.2. The van der Waals surface area contributed by atoms with Gasteiger partial charge in [-0.25, -0.2) is 4.79 Å². The molecule has 8 nitrogen and oxygen atoms in total. The molecule has 1 rings (SSSR count). The van der Waals surface area contributed by atoms with E-state index in [1.165, 1.54) is 7.11 Å². The Morgan fingerprint density at radius 1 is 1.58 bits per heavy atom. The number of carboxylic acid groups (broad SMARTS) is 1. The Bertz CT molecular complexity index is 421. The molecule has 0 spiro atoms. The van der Waals surface area contributed by atoms with Gasteiger partial charge in [0.25, 0.3) is 0 Å². The lowest BCUT2D eigenvalue weighted by Crippen LogP contribution is -2.43. The number of aliphatic hydroxyl groups is 2. The molecule has 0 saturated carbocycles. The largest absolute Gasteiger partial charge is 0.493 e. The average molecular weight is 273 g/mol. The van der Waals surface area contributed by atoms with Crippen molar-refractivity contribution < 1.29 is 24.9 Å². The van der Waals surface area contributed by atoms with Crippen molar-refractivity contribution >= 4 is 11.7 Å². The highest BCUT2D eigenvalue weighted by molar-refractivity contribution is 6.01. The highest BCUT2D eigenvalue weighted by atomic mass is 16.5. The smallest absolute Gasteiger partial charge is 0.329 e. The molecule has 108 valence electrons. The topological polar surface area (TPSA) is 151 Å². The molecule has 0 bridgehead atoms. The van der Waals surface area contributed by atoms with Gasteiger partial charge in [0.2, 0.25) is 0 Å². The van der Waals surface area contributed by atoms with Crippen LogP contribution in [0.3, 0.4) is 0 Å². The Morgan fingerprint density at radius 3 is 2.63 bits per heavy atom. The van der Waals surface area contributed by atoms with Gasteiger partial charge < -0.3 is 31.5 Å². The van der Waals surface area contributed by atoms with Crippen molar-refractivity contribution in [3.8, 4) is 0 Å². The Labute approximate surface area is 110 Å². The molecule has 1 aliphatic rings. The van der Waals surface area contributed by atoms with Gasteiger partial charge in [0.1, 0.15) is 0 Å². The van der Waals surface area contributed by atoms with Crippen LogP contribution in [0.25, 0.3) is 0 Å². The predicted molar refractivity (Wildman–Crippen MR) is 67.4 cm³/mol. The lowest BCUT2D eigenvalue weighted by molar-refractivity contribution is -0.138. The van der Waals surface area contributed by atoms with E-state index in [0.29, 0.717) is 0 Å². The Balaban J connectivity index is 3.18. The molecule has 0 aromatic heterocycles. The molecule has 0 fully saturated rings. The summed E-state index contributed by atoms with van der Waals surface area (Å²) in [6.07, 6.45) is -0.0107. The van der Waals surface area contributed by atoms with E-state index in [-0.39, 0.29) is 36.6 Å². The number of rotatable bonds is 5. The second kappa shape index (κ2) is 6.00. The summed E-state index contributed by atoms with van der Waals surface area (Å²) in [6, 6.07) is -1.14. The van der Waals surface area contributed by atoms with Crippen LogP contribution in [0.5, 0.6) is 0 Å². The van der Waals surface area contributed by atoms with E-state index >= 15 is 0 Å². The van der Waals surface area contributed by atoms with Crippen LogP contribution in [0, 0.1) is 0 Å². The summed E-state index contributed by atoms with van der Waals surface area (Å²) in [4.78, 5) is 14.9. The third kappa shape index (κ3) is 3.43. The molecule has 0 aromatic carbocycles. The van der Waals surface area contributed by atoms with Crippen LogP contribution in [-0.4, -0.2) is 58.9 Å². The van der Waals surface area contributed by atoms with Gasteiger partial charge in [-0.3, -0.25) is 4.99 Å². The van der Waals surface area contributed by atoms with Crippen LogP contribution < -0.4 is 11.5 Å². The molecular weight excluding hydrogens is 254 g/mol. The van der Waals surface area contributed by atoms with Crippen molar-refractivity contribution in [3.63, 3.8) is 0 Å². The average Bonchev–Trinajstić information content (AvgIpc) is 2.35. The maximum Gasteiger partial charge on any atom is 0.329 e. The minimum Gasteiger partial charge on any atom is -0.493 e.